The van der Waals surface area contributed by atoms with Gasteiger partial charge in [0.15, 0.2) is 18.1 Å². The number of benzene rings is 3. The summed E-state index contributed by atoms with van der Waals surface area (Å²) in [5, 5.41) is 5.08. The number of amides is 4. The Morgan fingerprint density at radius 2 is 1.81 bits per heavy atom. The van der Waals surface area contributed by atoms with Crippen LogP contribution in [0.1, 0.15) is 11.1 Å². The molecule has 0 spiro atoms. The molecular formula is C26H20BrF2N3O5. The zero-order chi connectivity index (χ0) is 26.5. The lowest BCUT2D eigenvalue weighted by atomic mass is 10.1. The molecule has 1 aliphatic heterocycles. The number of ether oxygens (including phenoxy) is 2. The van der Waals surface area contributed by atoms with Crippen LogP contribution in [-0.4, -0.2) is 36.5 Å². The Balaban J connectivity index is 1.47. The van der Waals surface area contributed by atoms with Crippen molar-refractivity contribution in [3.8, 4) is 11.5 Å². The molecule has 1 fully saturated rings. The Bertz CT molecular complexity index is 1400. The summed E-state index contributed by atoms with van der Waals surface area (Å²) in [6, 6.07) is 13.6. The second-order valence-corrected chi connectivity index (χ2v) is 8.69. The van der Waals surface area contributed by atoms with Crippen LogP contribution in [0, 0.1) is 11.6 Å². The smallest absolute Gasteiger partial charge is 0.329 e. The first kappa shape index (κ1) is 25.8. The first-order chi connectivity index (χ1) is 17.7. The van der Waals surface area contributed by atoms with Crippen molar-refractivity contribution >= 4 is 45.5 Å². The Kier molecular flexibility index (Phi) is 7.83. The molecule has 1 heterocycles. The third-order valence-electron chi connectivity index (χ3n) is 5.32. The average molecular weight is 572 g/mol. The minimum Gasteiger partial charge on any atom is -0.493 e. The van der Waals surface area contributed by atoms with Gasteiger partial charge in [0.2, 0.25) is 0 Å². The summed E-state index contributed by atoms with van der Waals surface area (Å²) in [4.78, 5) is 38.3. The van der Waals surface area contributed by atoms with Crippen LogP contribution in [-0.2, 0) is 16.1 Å². The van der Waals surface area contributed by atoms with Gasteiger partial charge >= 0.3 is 6.03 Å². The maximum Gasteiger partial charge on any atom is 0.329 e. The van der Waals surface area contributed by atoms with Crippen molar-refractivity contribution in [1.82, 2.24) is 10.2 Å². The number of urea groups is 1. The van der Waals surface area contributed by atoms with E-state index in [1.54, 1.807) is 18.2 Å². The van der Waals surface area contributed by atoms with E-state index in [0.29, 0.717) is 15.7 Å². The van der Waals surface area contributed by atoms with Crippen LogP contribution in [0.5, 0.6) is 11.5 Å². The molecule has 2 N–H and O–H groups in total. The van der Waals surface area contributed by atoms with Crippen molar-refractivity contribution in [1.29, 1.82) is 0 Å². The summed E-state index contributed by atoms with van der Waals surface area (Å²) in [5.41, 5.74) is 1.10. The van der Waals surface area contributed by atoms with Gasteiger partial charge in [-0.1, -0.05) is 34.1 Å². The Morgan fingerprint density at radius 3 is 2.51 bits per heavy atom. The van der Waals surface area contributed by atoms with Crippen molar-refractivity contribution in [3.05, 3.63) is 93.6 Å². The monoisotopic (exact) mass is 571 g/mol. The van der Waals surface area contributed by atoms with Gasteiger partial charge in [-0.05, 0) is 54.1 Å². The molecule has 0 bridgehead atoms. The van der Waals surface area contributed by atoms with Crippen LogP contribution >= 0.6 is 15.9 Å². The molecule has 0 aliphatic carbocycles. The first-order valence-electron chi connectivity index (χ1n) is 10.9. The minimum absolute atomic E-state index is 0.00330. The summed E-state index contributed by atoms with van der Waals surface area (Å²) in [6.07, 6.45) is 1.44. The second kappa shape index (κ2) is 11.2. The maximum absolute atomic E-state index is 14.0. The minimum atomic E-state index is -0.672. The fourth-order valence-corrected chi connectivity index (χ4v) is 3.91. The summed E-state index contributed by atoms with van der Waals surface area (Å²) >= 11 is 3.40. The van der Waals surface area contributed by atoms with Gasteiger partial charge in [0, 0.05) is 15.7 Å². The fraction of sp³-hybridized carbons (Fsp3) is 0.115. The van der Waals surface area contributed by atoms with Gasteiger partial charge < -0.3 is 20.1 Å². The predicted octanol–water partition coefficient (Wildman–Crippen LogP) is 4.85. The number of halogens is 3. The van der Waals surface area contributed by atoms with Crippen molar-refractivity contribution in [2.24, 2.45) is 0 Å². The molecule has 0 atom stereocenters. The highest BCUT2D eigenvalue weighted by Crippen LogP contribution is 2.35. The number of methoxy groups -OCH3 is 1. The molecule has 190 valence electrons. The number of carbonyl (C=O) groups excluding carboxylic acids is 3. The van der Waals surface area contributed by atoms with E-state index in [0.717, 1.165) is 4.90 Å². The van der Waals surface area contributed by atoms with Crippen LogP contribution in [0.2, 0.25) is 0 Å². The molecule has 3 aromatic carbocycles. The van der Waals surface area contributed by atoms with Crippen molar-refractivity contribution in [2.45, 2.75) is 6.54 Å². The Hall–Kier alpha value is -4.25. The number of imide groups is 1. The molecule has 11 heteroatoms. The first-order valence-corrected chi connectivity index (χ1v) is 11.7. The van der Waals surface area contributed by atoms with Crippen LogP contribution in [0.25, 0.3) is 6.08 Å². The van der Waals surface area contributed by atoms with E-state index >= 15 is 0 Å². The Morgan fingerprint density at radius 1 is 1.08 bits per heavy atom. The lowest BCUT2D eigenvalue weighted by Crippen LogP contribution is -2.30. The zero-order valence-corrected chi connectivity index (χ0v) is 21.0. The van der Waals surface area contributed by atoms with E-state index in [4.69, 9.17) is 9.47 Å². The third-order valence-corrected chi connectivity index (χ3v) is 6.00. The molecular weight excluding hydrogens is 552 g/mol. The summed E-state index contributed by atoms with van der Waals surface area (Å²) in [5.74, 6) is -1.51. The molecule has 3 aromatic rings. The Labute approximate surface area is 219 Å². The SMILES string of the molecule is COc1cc(/C=C2/NC(=O)N(Cc3ccccc3F)C2=O)c(Br)cc1OCC(=O)Nc1ccc(F)cc1. The normalized spacial score (nSPS) is 14.1. The molecule has 4 rings (SSSR count). The molecule has 0 aromatic heterocycles. The number of carbonyl (C=O) groups is 3. The van der Waals surface area contributed by atoms with Crippen molar-refractivity contribution in [2.75, 3.05) is 19.0 Å². The molecule has 1 saturated heterocycles. The van der Waals surface area contributed by atoms with Gasteiger partial charge in [-0.3, -0.25) is 14.5 Å². The number of anilines is 1. The zero-order valence-electron chi connectivity index (χ0n) is 19.4. The highest BCUT2D eigenvalue weighted by Gasteiger charge is 2.34. The lowest BCUT2D eigenvalue weighted by Gasteiger charge is -2.13. The van der Waals surface area contributed by atoms with E-state index in [9.17, 15) is 23.2 Å². The second-order valence-electron chi connectivity index (χ2n) is 7.84. The van der Waals surface area contributed by atoms with Gasteiger partial charge in [-0.15, -0.1) is 0 Å². The number of nitrogens with one attached hydrogen (secondary N) is 2. The van der Waals surface area contributed by atoms with Crippen LogP contribution < -0.4 is 20.1 Å². The van der Waals surface area contributed by atoms with Gasteiger partial charge in [-0.2, -0.15) is 0 Å². The molecule has 1 aliphatic rings. The summed E-state index contributed by atoms with van der Waals surface area (Å²) in [6.45, 7) is -0.563. The van der Waals surface area contributed by atoms with Crippen LogP contribution in [0.4, 0.5) is 19.3 Å². The number of hydrogen-bond donors (Lipinski definition) is 2. The fourth-order valence-electron chi connectivity index (χ4n) is 3.48. The molecule has 37 heavy (non-hydrogen) atoms. The van der Waals surface area contributed by atoms with Gasteiger partial charge in [-0.25, -0.2) is 13.6 Å². The number of rotatable bonds is 8. The highest BCUT2D eigenvalue weighted by molar-refractivity contribution is 9.10. The lowest BCUT2D eigenvalue weighted by molar-refractivity contribution is -0.123. The molecule has 0 saturated carbocycles. The average Bonchev–Trinajstić information content (AvgIpc) is 3.14. The van der Waals surface area contributed by atoms with E-state index in [1.165, 1.54) is 55.7 Å². The molecule has 0 radical (unpaired) electrons. The number of hydrogen-bond acceptors (Lipinski definition) is 5. The highest BCUT2D eigenvalue weighted by atomic mass is 79.9. The summed E-state index contributed by atoms with van der Waals surface area (Å²) < 4.78 is 38.4. The van der Waals surface area contributed by atoms with E-state index < -0.39 is 29.5 Å². The van der Waals surface area contributed by atoms with Crippen LogP contribution in [0.3, 0.4) is 0 Å². The van der Waals surface area contributed by atoms with Crippen molar-refractivity contribution in [3.63, 3.8) is 0 Å². The van der Waals surface area contributed by atoms with Gasteiger partial charge in [0.25, 0.3) is 11.8 Å². The van der Waals surface area contributed by atoms with E-state index in [2.05, 4.69) is 26.6 Å². The standard InChI is InChI=1S/C26H20BrF2N3O5/c1-36-22-11-16(10-21-25(34)32(26(35)31-21)13-15-4-2-3-5-20(15)29)19(27)12-23(22)37-14-24(33)30-18-8-6-17(28)7-9-18/h2-12H,13-14H2,1H3,(H,30,33)(H,31,35)/b21-10+. The van der Waals surface area contributed by atoms with Crippen LogP contribution in [0.15, 0.2) is 70.8 Å². The molecule has 8 nitrogen and oxygen atoms in total. The quantitative estimate of drug-likeness (QED) is 0.298. The maximum atomic E-state index is 14.0. The topological polar surface area (TPSA) is 97.0 Å². The van der Waals surface area contributed by atoms with E-state index in [-0.39, 0.29) is 35.9 Å². The van der Waals surface area contributed by atoms with E-state index in [1.807, 2.05) is 0 Å². The third kappa shape index (κ3) is 6.12. The molecule has 4 amide bonds. The predicted molar refractivity (Wildman–Crippen MR) is 135 cm³/mol. The summed E-state index contributed by atoms with van der Waals surface area (Å²) in [7, 11) is 1.41. The van der Waals surface area contributed by atoms with Crippen molar-refractivity contribution < 1.29 is 32.6 Å². The van der Waals surface area contributed by atoms with Gasteiger partial charge in [0.1, 0.15) is 17.3 Å². The number of nitrogens with zero attached hydrogens (tertiary/aromatic N) is 1. The largest absolute Gasteiger partial charge is 0.493 e. The van der Waals surface area contributed by atoms with Gasteiger partial charge in [0.05, 0.1) is 13.7 Å². The molecule has 0 unspecified atom stereocenters.